The number of sulfonamides is 1. The van der Waals surface area contributed by atoms with Gasteiger partial charge in [-0.3, -0.25) is 0 Å². The molecule has 134 valence electrons. The molecule has 0 fully saturated rings. The summed E-state index contributed by atoms with van der Waals surface area (Å²) in [6, 6.07) is 17.5. The van der Waals surface area contributed by atoms with Gasteiger partial charge in [0.1, 0.15) is 0 Å². The van der Waals surface area contributed by atoms with Crippen molar-refractivity contribution in [3.63, 3.8) is 0 Å². The first-order chi connectivity index (χ1) is 12.0. The minimum atomic E-state index is -3.25. The van der Waals surface area contributed by atoms with E-state index in [0.717, 1.165) is 24.1 Å². The van der Waals surface area contributed by atoms with Gasteiger partial charge in [0.25, 0.3) is 0 Å². The predicted molar refractivity (Wildman–Crippen MR) is 102 cm³/mol. The summed E-state index contributed by atoms with van der Waals surface area (Å²) in [5.74, 6) is 0.369. The zero-order valence-electron chi connectivity index (χ0n) is 14.3. The number of nitrogens with two attached hydrogens (primary N) is 1. The third-order valence-electron chi connectivity index (χ3n) is 3.69. The molecular weight excluding hydrogens is 336 g/mol. The minimum Gasteiger partial charge on any atom is -0.370 e. The van der Waals surface area contributed by atoms with E-state index in [1.165, 1.54) is 12.6 Å². The van der Waals surface area contributed by atoms with Crippen LogP contribution < -0.4 is 15.8 Å². The number of rotatable bonds is 8. The van der Waals surface area contributed by atoms with Gasteiger partial charge in [-0.25, -0.2) is 18.1 Å². The van der Waals surface area contributed by atoms with Crippen molar-refractivity contribution >= 4 is 16.0 Å². The van der Waals surface area contributed by atoms with Crippen molar-refractivity contribution in [2.24, 2.45) is 10.7 Å². The molecule has 0 aliphatic carbocycles. The molecule has 0 atom stereocenters. The number of hydrogen-bond acceptors (Lipinski definition) is 3. The largest absolute Gasteiger partial charge is 0.370 e. The molecule has 0 heterocycles. The molecule has 0 unspecified atom stereocenters. The normalized spacial score (nSPS) is 12.1. The number of benzene rings is 2. The summed E-state index contributed by atoms with van der Waals surface area (Å²) in [6.45, 7) is 1.17. The number of hydrogen-bond donors (Lipinski definition) is 3. The van der Waals surface area contributed by atoms with Crippen LogP contribution in [-0.2, 0) is 28.7 Å². The van der Waals surface area contributed by atoms with Crippen molar-refractivity contribution in [1.29, 1.82) is 0 Å². The first-order valence-electron chi connectivity index (χ1n) is 8.05. The van der Waals surface area contributed by atoms with Crippen LogP contribution in [-0.4, -0.2) is 28.0 Å². The molecule has 25 heavy (non-hydrogen) atoms. The second-order valence-corrected chi connectivity index (χ2v) is 7.57. The highest BCUT2D eigenvalue weighted by Crippen LogP contribution is 2.08. The van der Waals surface area contributed by atoms with Crippen LogP contribution in [0, 0.1) is 0 Å². The lowest BCUT2D eigenvalue weighted by atomic mass is 10.1. The summed E-state index contributed by atoms with van der Waals surface area (Å²) in [4.78, 5) is 4.30. The van der Waals surface area contributed by atoms with Crippen LogP contribution in [0.15, 0.2) is 59.6 Å². The van der Waals surface area contributed by atoms with E-state index < -0.39 is 10.0 Å². The van der Waals surface area contributed by atoms with Crippen molar-refractivity contribution in [2.45, 2.75) is 18.7 Å². The Morgan fingerprint density at radius 2 is 1.64 bits per heavy atom. The van der Waals surface area contributed by atoms with E-state index in [1.54, 1.807) is 12.1 Å². The van der Waals surface area contributed by atoms with Gasteiger partial charge in [-0.2, -0.15) is 0 Å². The van der Waals surface area contributed by atoms with Crippen molar-refractivity contribution in [2.75, 3.05) is 13.6 Å². The molecule has 2 rings (SSSR count). The molecule has 0 radical (unpaired) electrons. The van der Waals surface area contributed by atoms with Crippen LogP contribution in [0.2, 0.25) is 0 Å². The van der Waals surface area contributed by atoms with Crippen LogP contribution in [0.4, 0.5) is 0 Å². The molecule has 6 nitrogen and oxygen atoms in total. The summed E-state index contributed by atoms with van der Waals surface area (Å²) in [6.07, 6.45) is 0.881. The molecular formula is C18H24N4O2S. The molecule has 7 heteroatoms. The van der Waals surface area contributed by atoms with E-state index in [1.807, 2.05) is 30.3 Å². The summed E-state index contributed by atoms with van der Waals surface area (Å²) >= 11 is 0. The fourth-order valence-corrected chi connectivity index (χ4v) is 3.02. The van der Waals surface area contributed by atoms with Gasteiger partial charge >= 0.3 is 0 Å². The Labute approximate surface area is 149 Å². The lowest BCUT2D eigenvalue weighted by Gasteiger charge is -2.06. The summed E-state index contributed by atoms with van der Waals surface area (Å²) in [7, 11) is -1.84. The lowest BCUT2D eigenvalue weighted by Crippen LogP contribution is -2.33. The molecule has 0 saturated carbocycles. The molecule has 0 aliphatic heterocycles. The first kappa shape index (κ1) is 19.0. The maximum absolute atomic E-state index is 11.5. The summed E-state index contributed by atoms with van der Waals surface area (Å²) in [5.41, 5.74) is 8.82. The van der Waals surface area contributed by atoms with Gasteiger partial charge in [-0.05, 0) is 30.2 Å². The molecule has 4 N–H and O–H groups in total. The Morgan fingerprint density at radius 3 is 2.28 bits per heavy atom. The van der Waals surface area contributed by atoms with Crippen LogP contribution in [0.1, 0.15) is 16.7 Å². The molecule has 2 aromatic rings. The fourth-order valence-electron chi connectivity index (χ4n) is 2.24. The molecule has 2 aromatic carbocycles. The van der Waals surface area contributed by atoms with Gasteiger partial charge in [-0.1, -0.05) is 54.6 Å². The lowest BCUT2D eigenvalue weighted by molar-refractivity contribution is 0.587. The minimum absolute atomic E-state index is 0.0315. The van der Waals surface area contributed by atoms with Gasteiger partial charge in [0.15, 0.2) is 5.96 Å². The standard InChI is InChI=1S/C18H24N4O2S/c1-20-25(23,24)14-17-9-7-16(8-10-17)13-22-18(19)21-12-11-15-5-3-2-4-6-15/h2-10,20H,11-14H2,1H3,(H3,19,21,22). The second-order valence-electron chi connectivity index (χ2n) is 5.64. The van der Waals surface area contributed by atoms with Crippen molar-refractivity contribution in [1.82, 2.24) is 10.0 Å². The third kappa shape index (κ3) is 6.94. The van der Waals surface area contributed by atoms with Crippen LogP contribution in [0.3, 0.4) is 0 Å². The van der Waals surface area contributed by atoms with E-state index in [2.05, 4.69) is 27.2 Å². The number of aliphatic imine (C=N–C) groups is 1. The summed E-state index contributed by atoms with van der Waals surface area (Å²) in [5, 5.41) is 3.09. The maximum Gasteiger partial charge on any atom is 0.215 e. The molecule has 0 bridgehead atoms. The molecule has 0 aromatic heterocycles. The van der Waals surface area contributed by atoms with Gasteiger partial charge < -0.3 is 11.1 Å². The Hall–Kier alpha value is -2.38. The monoisotopic (exact) mass is 360 g/mol. The first-order valence-corrected chi connectivity index (χ1v) is 9.70. The average Bonchev–Trinajstić information content (AvgIpc) is 2.62. The highest BCUT2D eigenvalue weighted by Gasteiger charge is 2.07. The fraction of sp³-hybridized carbons (Fsp3) is 0.278. The maximum atomic E-state index is 11.5. The molecule has 0 saturated heterocycles. The predicted octanol–water partition coefficient (Wildman–Crippen LogP) is 1.38. The van der Waals surface area contributed by atoms with E-state index in [4.69, 9.17) is 5.73 Å². The van der Waals surface area contributed by atoms with Gasteiger partial charge in [-0.15, -0.1) is 0 Å². The van der Waals surface area contributed by atoms with E-state index in [9.17, 15) is 8.42 Å². The number of guanidine groups is 1. The smallest absolute Gasteiger partial charge is 0.215 e. The molecule has 0 amide bonds. The highest BCUT2D eigenvalue weighted by molar-refractivity contribution is 7.88. The van der Waals surface area contributed by atoms with Crippen molar-refractivity contribution in [3.05, 3.63) is 71.3 Å². The van der Waals surface area contributed by atoms with Gasteiger partial charge in [0.05, 0.1) is 12.3 Å². The van der Waals surface area contributed by atoms with Gasteiger partial charge in [0, 0.05) is 6.54 Å². The topological polar surface area (TPSA) is 96.6 Å². The zero-order chi connectivity index (χ0) is 18.1. The van der Waals surface area contributed by atoms with Crippen LogP contribution in [0.5, 0.6) is 0 Å². The second kappa shape index (κ2) is 9.19. The third-order valence-corrected chi connectivity index (χ3v) is 5.02. The van der Waals surface area contributed by atoms with E-state index in [0.29, 0.717) is 12.5 Å². The Kier molecular flexibility index (Phi) is 6.97. The zero-order valence-corrected chi connectivity index (χ0v) is 15.1. The Morgan fingerprint density at radius 1 is 1.00 bits per heavy atom. The van der Waals surface area contributed by atoms with Crippen molar-refractivity contribution < 1.29 is 8.42 Å². The quantitative estimate of drug-likeness (QED) is 0.489. The highest BCUT2D eigenvalue weighted by atomic mass is 32.2. The Balaban J connectivity index is 1.80. The van der Waals surface area contributed by atoms with E-state index >= 15 is 0 Å². The van der Waals surface area contributed by atoms with Crippen molar-refractivity contribution in [3.8, 4) is 0 Å². The SMILES string of the molecule is CNS(=O)(=O)Cc1ccc(CN=C(N)NCCc2ccccc2)cc1. The van der Waals surface area contributed by atoms with Gasteiger partial charge in [0.2, 0.25) is 10.0 Å². The van der Waals surface area contributed by atoms with E-state index in [-0.39, 0.29) is 5.75 Å². The van der Waals surface area contributed by atoms with Crippen LogP contribution >= 0.6 is 0 Å². The Bertz CT molecular complexity index is 788. The van der Waals surface area contributed by atoms with Crippen LogP contribution in [0.25, 0.3) is 0 Å². The average molecular weight is 360 g/mol. The summed E-state index contributed by atoms with van der Waals surface area (Å²) < 4.78 is 25.3. The number of nitrogens with one attached hydrogen (secondary N) is 2. The molecule has 0 aliphatic rings. The molecule has 0 spiro atoms. The number of nitrogens with zero attached hydrogens (tertiary/aromatic N) is 1.